The second kappa shape index (κ2) is 5.07. The minimum Gasteiger partial charge on any atom is -0.289 e. The van der Waals surface area contributed by atoms with E-state index in [0.29, 0.717) is 0 Å². The lowest BCUT2D eigenvalue weighted by Crippen LogP contribution is -2.05. The van der Waals surface area contributed by atoms with Gasteiger partial charge in [-0.3, -0.25) is 4.79 Å². The highest BCUT2D eigenvalue weighted by molar-refractivity contribution is 9.10. The van der Waals surface area contributed by atoms with Gasteiger partial charge in [0.25, 0.3) is 0 Å². The molecule has 2 heteroatoms. The Bertz CT molecular complexity index is 561. The topological polar surface area (TPSA) is 17.1 Å². The highest BCUT2D eigenvalue weighted by atomic mass is 79.9. The van der Waals surface area contributed by atoms with Crippen molar-refractivity contribution in [3.63, 3.8) is 0 Å². The molecule has 0 saturated carbocycles. The van der Waals surface area contributed by atoms with E-state index >= 15 is 0 Å². The third kappa shape index (κ3) is 2.54. The molecular formula is C16H15BrO. The van der Waals surface area contributed by atoms with Gasteiger partial charge in [0.2, 0.25) is 0 Å². The fourth-order valence-electron chi connectivity index (χ4n) is 2.10. The summed E-state index contributed by atoms with van der Waals surface area (Å²) in [5.41, 5.74) is 4.75. The van der Waals surface area contributed by atoms with Crippen molar-refractivity contribution in [1.29, 1.82) is 0 Å². The Balaban J connectivity index is 2.48. The maximum atomic E-state index is 12.5. The SMILES string of the molecule is Cc1ccc(C(=O)c2ccc(Br)cc2C)c(C)c1. The van der Waals surface area contributed by atoms with Gasteiger partial charge in [-0.15, -0.1) is 0 Å². The van der Waals surface area contributed by atoms with Gasteiger partial charge in [-0.1, -0.05) is 39.7 Å². The predicted molar refractivity (Wildman–Crippen MR) is 78.2 cm³/mol. The smallest absolute Gasteiger partial charge is 0.193 e. The van der Waals surface area contributed by atoms with Crippen LogP contribution in [0.5, 0.6) is 0 Å². The molecule has 2 rings (SSSR count). The summed E-state index contributed by atoms with van der Waals surface area (Å²) in [6.07, 6.45) is 0. The third-order valence-electron chi connectivity index (χ3n) is 3.06. The van der Waals surface area contributed by atoms with Crippen LogP contribution in [0.15, 0.2) is 40.9 Å². The number of rotatable bonds is 2. The Kier molecular flexibility index (Phi) is 3.67. The van der Waals surface area contributed by atoms with Gasteiger partial charge in [0.15, 0.2) is 5.78 Å². The van der Waals surface area contributed by atoms with E-state index in [1.165, 1.54) is 5.56 Å². The number of benzene rings is 2. The van der Waals surface area contributed by atoms with Crippen LogP contribution < -0.4 is 0 Å². The molecule has 0 amide bonds. The summed E-state index contributed by atoms with van der Waals surface area (Å²) in [5, 5.41) is 0. The van der Waals surface area contributed by atoms with Crippen molar-refractivity contribution < 1.29 is 4.79 Å². The van der Waals surface area contributed by atoms with Crippen molar-refractivity contribution in [1.82, 2.24) is 0 Å². The maximum absolute atomic E-state index is 12.5. The lowest BCUT2D eigenvalue weighted by Gasteiger charge is -2.08. The van der Waals surface area contributed by atoms with E-state index < -0.39 is 0 Å². The van der Waals surface area contributed by atoms with Crippen LogP contribution >= 0.6 is 15.9 Å². The molecule has 0 fully saturated rings. The van der Waals surface area contributed by atoms with E-state index in [1.54, 1.807) is 0 Å². The van der Waals surface area contributed by atoms with E-state index in [0.717, 1.165) is 26.7 Å². The molecule has 0 unspecified atom stereocenters. The quantitative estimate of drug-likeness (QED) is 0.741. The van der Waals surface area contributed by atoms with Gasteiger partial charge in [-0.25, -0.2) is 0 Å². The first-order chi connectivity index (χ1) is 8.49. The molecule has 92 valence electrons. The fourth-order valence-corrected chi connectivity index (χ4v) is 2.57. The van der Waals surface area contributed by atoms with Gasteiger partial charge >= 0.3 is 0 Å². The standard InChI is InChI=1S/C16H15BrO/c1-10-4-6-14(11(2)8-10)16(18)15-7-5-13(17)9-12(15)3/h4-9H,1-3H3. The van der Waals surface area contributed by atoms with Crippen LogP contribution in [-0.2, 0) is 0 Å². The summed E-state index contributed by atoms with van der Waals surface area (Å²) in [4.78, 5) is 12.5. The summed E-state index contributed by atoms with van der Waals surface area (Å²) in [5.74, 6) is 0.0949. The van der Waals surface area contributed by atoms with Crippen LogP contribution in [0.2, 0.25) is 0 Å². The molecule has 0 aromatic heterocycles. The molecule has 1 nitrogen and oxygen atoms in total. The molecule has 0 spiro atoms. The predicted octanol–water partition coefficient (Wildman–Crippen LogP) is 4.61. The van der Waals surface area contributed by atoms with Crippen molar-refractivity contribution in [3.05, 3.63) is 68.7 Å². The number of carbonyl (C=O) groups is 1. The van der Waals surface area contributed by atoms with Gasteiger partial charge in [0.05, 0.1) is 0 Å². The average Bonchev–Trinajstić information content (AvgIpc) is 2.28. The molecule has 2 aromatic rings. The van der Waals surface area contributed by atoms with Crippen molar-refractivity contribution in [2.24, 2.45) is 0 Å². The van der Waals surface area contributed by atoms with Crippen LogP contribution in [0, 0.1) is 20.8 Å². The van der Waals surface area contributed by atoms with Crippen molar-refractivity contribution in [3.8, 4) is 0 Å². The number of hydrogen-bond donors (Lipinski definition) is 0. The Morgan fingerprint density at radius 3 is 2.00 bits per heavy atom. The summed E-state index contributed by atoms with van der Waals surface area (Å²) >= 11 is 3.41. The molecule has 0 aliphatic rings. The molecule has 18 heavy (non-hydrogen) atoms. The van der Waals surface area contributed by atoms with E-state index in [4.69, 9.17) is 0 Å². The zero-order chi connectivity index (χ0) is 13.3. The fraction of sp³-hybridized carbons (Fsp3) is 0.188. The van der Waals surface area contributed by atoms with Crippen LogP contribution in [0.1, 0.15) is 32.6 Å². The zero-order valence-corrected chi connectivity index (χ0v) is 12.3. The zero-order valence-electron chi connectivity index (χ0n) is 10.8. The second-order valence-corrected chi connectivity index (χ2v) is 5.52. The van der Waals surface area contributed by atoms with E-state index in [1.807, 2.05) is 57.2 Å². The lowest BCUT2D eigenvalue weighted by molar-refractivity contribution is 0.103. The lowest BCUT2D eigenvalue weighted by atomic mass is 9.95. The van der Waals surface area contributed by atoms with E-state index in [2.05, 4.69) is 15.9 Å². The molecule has 2 aromatic carbocycles. The number of hydrogen-bond acceptors (Lipinski definition) is 1. The van der Waals surface area contributed by atoms with Crippen molar-refractivity contribution >= 4 is 21.7 Å². The van der Waals surface area contributed by atoms with Crippen LogP contribution in [0.25, 0.3) is 0 Å². The molecule has 0 radical (unpaired) electrons. The number of ketones is 1. The van der Waals surface area contributed by atoms with Gasteiger partial charge in [0, 0.05) is 15.6 Å². The van der Waals surface area contributed by atoms with Gasteiger partial charge in [0.1, 0.15) is 0 Å². The van der Waals surface area contributed by atoms with E-state index in [9.17, 15) is 4.79 Å². The molecule has 0 bridgehead atoms. The molecule has 0 atom stereocenters. The highest BCUT2D eigenvalue weighted by Crippen LogP contribution is 2.21. The molecule has 0 N–H and O–H groups in total. The van der Waals surface area contributed by atoms with Crippen molar-refractivity contribution in [2.45, 2.75) is 20.8 Å². The number of aryl methyl sites for hydroxylation is 3. The highest BCUT2D eigenvalue weighted by Gasteiger charge is 2.13. The minimum atomic E-state index is 0.0949. The Morgan fingerprint density at radius 1 is 0.889 bits per heavy atom. The molecule has 0 heterocycles. The first kappa shape index (κ1) is 13.0. The molecule has 0 aliphatic heterocycles. The number of carbonyl (C=O) groups excluding carboxylic acids is 1. The second-order valence-electron chi connectivity index (χ2n) is 4.61. The Labute approximate surface area is 116 Å². The summed E-state index contributed by atoms with van der Waals surface area (Å²) in [6.45, 7) is 5.97. The molecule has 0 saturated heterocycles. The third-order valence-corrected chi connectivity index (χ3v) is 3.55. The first-order valence-electron chi connectivity index (χ1n) is 5.87. The average molecular weight is 303 g/mol. The normalized spacial score (nSPS) is 10.4. The molecular weight excluding hydrogens is 288 g/mol. The van der Waals surface area contributed by atoms with E-state index in [-0.39, 0.29) is 5.78 Å². The minimum absolute atomic E-state index is 0.0949. The summed E-state index contributed by atoms with van der Waals surface area (Å²) < 4.78 is 0.997. The first-order valence-corrected chi connectivity index (χ1v) is 6.66. The summed E-state index contributed by atoms with van der Waals surface area (Å²) in [7, 11) is 0. The summed E-state index contributed by atoms with van der Waals surface area (Å²) in [6, 6.07) is 11.7. The molecule has 0 aliphatic carbocycles. The van der Waals surface area contributed by atoms with Gasteiger partial charge < -0.3 is 0 Å². The van der Waals surface area contributed by atoms with Gasteiger partial charge in [-0.05, 0) is 50.1 Å². The Morgan fingerprint density at radius 2 is 1.44 bits per heavy atom. The van der Waals surface area contributed by atoms with Crippen LogP contribution in [0.4, 0.5) is 0 Å². The van der Waals surface area contributed by atoms with Gasteiger partial charge in [-0.2, -0.15) is 0 Å². The maximum Gasteiger partial charge on any atom is 0.193 e. The largest absolute Gasteiger partial charge is 0.289 e. The number of halogens is 1. The monoisotopic (exact) mass is 302 g/mol. The van der Waals surface area contributed by atoms with Crippen molar-refractivity contribution in [2.75, 3.05) is 0 Å². The van der Waals surface area contributed by atoms with Crippen LogP contribution in [-0.4, -0.2) is 5.78 Å². The van der Waals surface area contributed by atoms with Crippen LogP contribution in [0.3, 0.4) is 0 Å². The Hall–Kier alpha value is -1.41.